The van der Waals surface area contributed by atoms with Crippen LogP contribution in [0.2, 0.25) is 0 Å². The van der Waals surface area contributed by atoms with Gasteiger partial charge in [0.2, 0.25) is 0 Å². The molecular formula is C11H9NO2S. The number of rotatable bonds is 0. The van der Waals surface area contributed by atoms with Crippen LogP contribution in [-0.2, 0) is 0 Å². The van der Waals surface area contributed by atoms with Crippen LogP contribution in [0.1, 0.15) is 0 Å². The average molecular weight is 219 g/mol. The smallest absolute Gasteiger partial charge is 0.163 e. The maximum absolute atomic E-state index is 5.50. The van der Waals surface area contributed by atoms with E-state index >= 15 is 0 Å². The molecule has 0 bridgehead atoms. The summed E-state index contributed by atoms with van der Waals surface area (Å²) in [7, 11) is 0. The van der Waals surface area contributed by atoms with Gasteiger partial charge >= 0.3 is 0 Å². The van der Waals surface area contributed by atoms with Gasteiger partial charge < -0.3 is 14.5 Å². The number of aromatic amines is 1. The third kappa shape index (κ3) is 1.37. The minimum atomic E-state index is 0.599. The Balaban J connectivity index is 2.36. The third-order valence-corrected chi connectivity index (χ3v) is 2.78. The molecule has 0 amide bonds. The maximum atomic E-state index is 5.50. The number of H-pyrrole nitrogens is 1. The topological polar surface area (TPSA) is 34.2 Å². The molecule has 3 rings (SSSR count). The van der Waals surface area contributed by atoms with E-state index in [1.54, 1.807) is 0 Å². The van der Waals surface area contributed by atoms with Crippen molar-refractivity contribution >= 4 is 23.1 Å². The van der Waals surface area contributed by atoms with Gasteiger partial charge in [0.05, 0.1) is 5.52 Å². The molecule has 1 aromatic carbocycles. The van der Waals surface area contributed by atoms with Crippen molar-refractivity contribution < 1.29 is 9.47 Å². The van der Waals surface area contributed by atoms with Gasteiger partial charge in [0, 0.05) is 22.2 Å². The fourth-order valence-electron chi connectivity index (χ4n) is 1.71. The van der Waals surface area contributed by atoms with Crippen molar-refractivity contribution in [1.82, 2.24) is 4.98 Å². The molecule has 76 valence electrons. The predicted molar refractivity (Wildman–Crippen MR) is 60.1 cm³/mol. The van der Waals surface area contributed by atoms with Crippen LogP contribution in [0.3, 0.4) is 0 Å². The van der Waals surface area contributed by atoms with E-state index in [0.29, 0.717) is 13.2 Å². The van der Waals surface area contributed by atoms with Gasteiger partial charge in [-0.2, -0.15) is 0 Å². The van der Waals surface area contributed by atoms with E-state index < -0.39 is 0 Å². The number of aromatic nitrogens is 1. The number of hydrogen-bond donors (Lipinski definition) is 1. The Hall–Kier alpha value is -1.55. The van der Waals surface area contributed by atoms with Crippen LogP contribution >= 0.6 is 12.2 Å². The van der Waals surface area contributed by atoms with Gasteiger partial charge in [0.15, 0.2) is 11.5 Å². The SMILES string of the molecule is S=c1cc[nH]c2cc3c(cc12)OCCO3. The van der Waals surface area contributed by atoms with Crippen LogP contribution in [0.4, 0.5) is 0 Å². The lowest BCUT2D eigenvalue weighted by atomic mass is 10.2. The monoisotopic (exact) mass is 219 g/mol. The van der Waals surface area contributed by atoms with E-state index in [-0.39, 0.29) is 0 Å². The molecule has 0 spiro atoms. The minimum Gasteiger partial charge on any atom is -0.486 e. The van der Waals surface area contributed by atoms with Crippen molar-refractivity contribution in [3.05, 3.63) is 28.9 Å². The van der Waals surface area contributed by atoms with Crippen LogP contribution in [0.5, 0.6) is 11.5 Å². The summed E-state index contributed by atoms with van der Waals surface area (Å²) in [6, 6.07) is 5.73. The molecule has 0 unspecified atom stereocenters. The maximum Gasteiger partial charge on any atom is 0.163 e. The Morgan fingerprint density at radius 2 is 1.87 bits per heavy atom. The number of ether oxygens (including phenoxy) is 2. The number of benzene rings is 1. The van der Waals surface area contributed by atoms with Gasteiger partial charge in [-0.25, -0.2) is 0 Å². The lowest BCUT2D eigenvalue weighted by Crippen LogP contribution is -2.15. The van der Waals surface area contributed by atoms with Crippen molar-refractivity contribution in [2.45, 2.75) is 0 Å². The van der Waals surface area contributed by atoms with Crippen molar-refractivity contribution in [2.75, 3.05) is 13.2 Å². The molecule has 2 aromatic rings. The van der Waals surface area contributed by atoms with Gasteiger partial charge in [0.1, 0.15) is 13.2 Å². The minimum absolute atomic E-state index is 0.599. The molecule has 1 N–H and O–H groups in total. The Kier molecular flexibility index (Phi) is 1.89. The molecule has 0 saturated carbocycles. The van der Waals surface area contributed by atoms with Crippen LogP contribution in [0.25, 0.3) is 10.9 Å². The largest absolute Gasteiger partial charge is 0.486 e. The van der Waals surface area contributed by atoms with Gasteiger partial charge in [-0.05, 0) is 12.1 Å². The molecule has 2 heterocycles. The van der Waals surface area contributed by atoms with Crippen molar-refractivity contribution in [1.29, 1.82) is 0 Å². The number of nitrogens with one attached hydrogen (secondary N) is 1. The molecule has 4 heteroatoms. The van der Waals surface area contributed by atoms with Crippen LogP contribution < -0.4 is 9.47 Å². The highest BCUT2D eigenvalue weighted by molar-refractivity contribution is 7.71. The first-order valence-corrected chi connectivity index (χ1v) is 5.16. The molecule has 0 atom stereocenters. The molecule has 1 aromatic heterocycles. The quantitative estimate of drug-likeness (QED) is 0.692. The summed E-state index contributed by atoms with van der Waals surface area (Å²) < 4.78 is 11.8. The van der Waals surface area contributed by atoms with Crippen molar-refractivity contribution in [3.63, 3.8) is 0 Å². The van der Waals surface area contributed by atoms with Crippen molar-refractivity contribution in [3.8, 4) is 11.5 Å². The number of hydrogen-bond acceptors (Lipinski definition) is 3. The summed E-state index contributed by atoms with van der Waals surface area (Å²) in [5, 5.41) is 0.997. The second-order valence-electron chi connectivity index (χ2n) is 3.38. The molecule has 0 saturated heterocycles. The second-order valence-corrected chi connectivity index (χ2v) is 3.82. The molecule has 3 nitrogen and oxygen atoms in total. The first-order valence-electron chi connectivity index (χ1n) is 4.76. The zero-order chi connectivity index (χ0) is 10.3. The van der Waals surface area contributed by atoms with Crippen molar-refractivity contribution in [2.24, 2.45) is 0 Å². The Morgan fingerprint density at radius 3 is 2.67 bits per heavy atom. The zero-order valence-corrected chi connectivity index (χ0v) is 8.76. The molecule has 15 heavy (non-hydrogen) atoms. The summed E-state index contributed by atoms with van der Waals surface area (Å²) in [6.07, 6.45) is 1.83. The van der Waals surface area contributed by atoms with E-state index in [0.717, 1.165) is 26.9 Å². The lowest BCUT2D eigenvalue weighted by Gasteiger charge is -2.18. The molecule has 0 radical (unpaired) electrons. The standard InChI is InChI=1S/C11H9NO2S/c15-11-1-2-12-8-6-10-9(5-7(8)11)13-3-4-14-10/h1-2,5-6H,3-4H2,(H,12,15). The summed E-state index contributed by atoms with van der Waals surface area (Å²) in [5.41, 5.74) is 0.978. The summed E-state index contributed by atoms with van der Waals surface area (Å²) in [5.74, 6) is 1.56. The van der Waals surface area contributed by atoms with Gasteiger partial charge in [0.25, 0.3) is 0 Å². The van der Waals surface area contributed by atoms with E-state index in [9.17, 15) is 0 Å². The van der Waals surface area contributed by atoms with Crippen LogP contribution in [-0.4, -0.2) is 18.2 Å². The highest BCUT2D eigenvalue weighted by Crippen LogP contribution is 2.33. The normalized spacial score (nSPS) is 14.1. The fraction of sp³-hybridized carbons (Fsp3) is 0.182. The average Bonchev–Trinajstić information content (AvgIpc) is 2.27. The molecule has 0 fully saturated rings. The fourth-order valence-corrected chi connectivity index (χ4v) is 1.95. The second kappa shape index (κ2) is 3.24. The Bertz CT molecular complexity index is 576. The highest BCUT2D eigenvalue weighted by atomic mass is 32.1. The van der Waals surface area contributed by atoms with Crippen LogP contribution in [0.15, 0.2) is 24.4 Å². The summed E-state index contributed by atoms with van der Waals surface area (Å²) >= 11 is 5.24. The summed E-state index contributed by atoms with van der Waals surface area (Å²) in [6.45, 7) is 1.20. The van der Waals surface area contributed by atoms with Gasteiger partial charge in [-0.1, -0.05) is 12.2 Å². The summed E-state index contributed by atoms with van der Waals surface area (Å²) in [4.78, 5) is 3.14. The number of pyridine rings is 1. The first kappa shape index (κ1) is 8.73. The Labute approximate surface area is 91.6 Å². The van der Waals surface area contributed by atoms with E-state index in [1.807, 2.05) is 24.4 Å². The molecule has 1 aliphatic rings. The zero-order valence-electron chi connectivity index (χ0n) is 7.95. The lowest BCUT2D eigenvalue weighted by molar-refractivity contribution is 0.172. The predicted octanol–water partition coefficient (Wildman–Crippen LogP) is 2.67. The van der Waals surface area contributed by atoms with Gasteiger partial charge in [-0.15, -0.1) is 0 Å². The van der Waals surface area contributed by atoms with E-state index in [1.165, 1.54) is 0 Å². The molecule has 0 aliphatic carbocycles. The molecule has 1 aliphatic heterocycles. The first-order chi connectivity index (χ1) is 7.34. The van der Waals surface area contributed by atoms with Gasteiger partial charge in [-0.3, -0.25) is 0 Å². The Morgan fingerprint density at radius 1 is 1.13 bits per heavy atom. The third-order valence-electron chi connectivity index (χ3n) is 2.42. The number of fused-ring (bicyclic) bond motifs is 2. The molecular weight excluding hydrogens is 210 g/mol. The van der Waals surface area contributed by atoms with E-state index in [4.69, 9.17) is 21.7 Å². The highest BCUT2D eigenvalue weighted by Gasteiger charge is 2.12. The van der Waals surface area contributed by atoms with E-state index in [2.05, 4.69) is 4.98 Å². The van der Waals surface area contributed by atoms with Crippen LogP contribution in [0, 0.1) is 4.51 Å².